The van der Waals surface area contributed by atoms with Gasteiger partial charge in [-0.2, -0.15) is 0 Å². The molecule has 0 atom stereocenters. The molecule has 0 aliphatic carbocycles. The largest absolute Gasteiger partial charge is 0.493 e. The van der Waals surface area contributed by atoms with Crippen LogP contribution in [-0.4, -0.2) is 40.2 Å². The summed E-state index contributed by atoms with van der Waals surface area (Å²) in [4.78, 5) is 29.3. The summed E-state index contributed by atoms with van der Waals surface area (Å²) in [5.74, 6) is -1.40. The number of pyridine rings is 1. The molecule has 0 bridgehead atoms. The van der Waals surface area contributed by atoms with Gasteiger partial charge in [-0.15, -0.1) is 0 Å². The summed E-state index contributed by atoms with van der Waals surface area (Å²) in [7, 11) is 0. The number of benzene rings is 2. The number of nitrogens with zero attached hydrogens (tertiary/aromatic N) is 2. The number of aryl methyl sites for hydroxylation is 1. The summed E-state index contributed by atoms with van der Waals surface area (Å²) < 4.78 is 39.9. The van der Waals surface area contributed by atoms with E-state index >= 15 is 0 Å². The highest BCUT2D eigenvalue weighted by atomic mass is 19.1. The molecule has 1 aromatic heterocycles. The molecule has 0 unspecified atom stereocenters. The Hall–Kier alpha value is -4.01. The number of aromatic nitrogens is 1. The van der Waals surface area contributed by atoms with Gasteiger partial charge in [0.2, 0.25) is 0 Å². The SMILES string of the molecule is CCOc1cc(CC(=O)O)ccc1-c1ccc(F)c2c1CN(C(=O)OCc1ncc(C)cc1F)CC2. The molecule has 0 saturated carbocycles. The highest BCUT2D eigenvalue weighted by molar-refractivity contribution is 5.78. The van der Waals surface area contributed by atoms with Crippen LogP contribution in [0.25, 0.3) is 11.1 Å². The first-order valence-corrected chi connectivity index (χ1v) is 11.6. The Morgan fingerprint density at radius 3 is 2.58 bits per heavy atom. The third-order valence-corrected chi connectivity index (χ3v) is 5.99. The molecule has 0 radical (unpaired) electrons. The first-order valence-electron chi connectivity index (χ1n) is 11.6. The molecule has 1 aliphatic heterocycles. The summed E-state index contributed by atoms with van der Waals surface area (Å²) in [6.07, 6.45) is 0.968. The van der Waals surface area contributed by atoms with E-state index in [0.717, 1.165) is 0 Å². The Kier molecular flexibility index (Phi) is 7.47. The molecule has 1 aliphatic rings. The van der Waals surface area contributed by atoms with E-state index < -0.39 is 17.9 Å². The van der Waals surface area contributed by atoms with Gasteiger partial charge in [0.15, 0.2) is 0 Å². The Bertz CT molecular complexity index is 1310. The van der Waals surface area contributed by atoms with Crippen molar-refractivity contribution in [2.24, 2.45) is 0 Å². The number of halogens is 2. The molecule has 7 nitrogen and oxygen atoms in total. The lowest BCUT2D eigenvalue weighted by molar-refractivity contribution is -0.136. The third-order valence-electron chi connectivity index (χ3n) is 5.99. The summed E-state index contributed by atoms with van der Waals surface area (Å²) in [5, 5.41) is 9.13. The Morgan fingerprint density at radius 1 is 1.08 bits per heavy atom. The Morgan fingerprint density at radius 2 is 1.86 bits per heavy atom. The van der Waals surface area contributed by atoms with Crippen molar-refractivity contribution < 1.29 is 33.0 Å². The van der Waals surface area contributed by atoms with Crippen LogP contribution in [-0.2, 0) is 35.5 Å². The van der Waals surface area contributed by atoms with Crippen LogP contribution in [0.15, 0.2) is 42.6 Å². The number of carbonyl (C=O) groups excluding carboxylic acids is 1. The minimum absolute atomic E-state index is 0.0286. The number of ether oxygens (including phenoxy) is 2. The van der Waals surface area contributed by atoms with Crippen molar-refractivity contribution in [1.29, 1.82) is 0 Å². The molecule has 9 heteroatoms. The smallest absolute Gasteiger partial charge is 0.410 e. The van der Waals surface area contributed by atoms with E-state index in [-0.39, 0.29) is 44.0 Å². The van der Waals surface area contributed by atoms with E-state index in [0.29, 0.717) is 45.7 Å². The van der Waals surface area contributed by atoms with Crippen molar-refractivity contribution in [3.8, 4) is 16.9 Å². The molecule has 3 aromatic rings. The van der Waals surface area contributed by atoms with E-state index in [9.17, 15) is 18.4 Å². The summed E-state index contributed by atoms with van der Waals surface area (Å²) >= 11 is 0. The average Bonchev–Trinajstić information content (AvgIpc) is 2.84. The fourth-order valence-corrected chi connectivity index (χ4v) is 4.28. The third kappa shape index (κ3) is 5.45. The topological polar surface area (TPSA) is 89.0 Å². The van der Waals surface area contributed by atoms with Crippen molar-refractivity contribution in [2.45, 2.75) is 39.8 Å². The molecule has 0 fully saturated rings. The highest BCUT2D eigenvalue weighted by Crippen LogP contribution is 2.38. The van der Waals surface area contributed by atoms with Gasteiger partial charge in [0.25, 0.3) is 0 Å². The summed E-state index contributed by atoms with van der Waals surface area (Å²) in [5.41, 5.74) is 3.73. The van der Waals surface area contributed by atoms with Crippen LogP contribution in [0.3, 0.4) is 0 Å². The number of aliphatic carboxylic acids is 1. The normalized spacial score (nSPS) is 12.7. The van der Waals surface area contributed by atoms with Gasteiger partial charge in [-0.1, -0.05) is 18.2 Å². The predicted octanol–water partition coefficient (Wildman–Crippen LogP) is 5.06. The number of carboxylic acid groups (broad SMARTS) is 1. The number of hydrogen-bond acceptors (Lipinski definition) is 5. The zero-order valence-corrected chi connectivity index (χ0v) is 20.0. The fraction of sp³-hybridized carbons (Fsp3) is 0.296. The first kappa shape index (κ1) is 25.1. The molecule has 36 heavy (non-hydrogen) atoms. The van der Waals surface area contributed by atoms with Gasteiger partial charge in [0, 0.05) is 24.8 Å². The fourth-order valence-electron chi connectivity index (χ4n) is 4.28. The molecule has 1 N–H and O–H groups in total. The van der Waals surface area contributed by atoms with Crippen LogP contribution in [0.1, 0.15) is 34.9 Å². The van der Waals surface area contributed by atoms with E-state index in [2.05, 4.69) is 4.98 Å². The number of fused-ring (bicyclic) bond motifs is 1. The Labute approximate surface area is 207 Å². The van der Waals surface area contributed by atoms with Crippen LogP contribution in [0.2, 0.25) is 0 Å². The minimum Gasteiger partial charge on any atom is -0.493 e. The van der Waals surface area contributed by atoms with Crippen molar-refractivity contribution >= 4 is 12.1 Å². The van der Waals surface area contributed by atoms with Gasteiger partial charge in [0.05, 0.1) is 13.0 Å². The predicted molar refractivity (Wildman–Crippen MR) is 128 cm³/mol. The quantitative estimate of drug-likeness (QED) is 0.492. The zero-order chi connectivity index (χ0) is 25.8. The molecule has 1 amide bonds. The maximum atomic E-state index is 14.7. The minimum atomic E-state index is -0.959. The molecule has 0 saturated heterocycles. The van der Waals surface area contributed by atoms with Gasteiger partial charge in [0.1, 0.15) is 29.7 Å². The van der Waals surface area contributed by atoms with E-state index in [1.807, 2.05) is 6.92 Å². The number of rotatable bonds is 7. The molecular formula is C27H26F2N2O5. The lowest BCUT2D eigenvalue weighted by atomic mass is 9.90. The van der Waals surface area contributed by atoms with Crippen LogP contribution in [0.4, 0.5) is 13.6 Å². The molecule has 2 aromatic carbocycles. The first-order chi connectivity index (χ1) is 17.3. The second-order valence-electron chi connectivity index (χ2n) is 8.55. The average molecular weight is 497 g/mol. The second kappa shape index (κ2) is 10.7. The van der Waals surface area contributed by atoms with Gasteiger partial charge < -0.3 is 19.5 Å². The van der Waals surface area contributed by atoms with Crippen molar-refractivity contribution in [2.75, 3.05) is 13.2 Å². The van der Waals surface area contributed by atoms with E-state index in [1.54, 1.807) is 31.2 Å². The van der Waals surface area contributed by atoms with Gasteiger partial charge in [-0.05, 0) is 66.3 Å². The highest BCUT2D eigenvalue weighted by Gasteiger charge is 2.27. The van der Waals surface area contributed by atoms with Crippen LogP contribution in [0, 0.1) is 18.6 Å². The van der Waals surface area contributed by atoms with E-state index in [1.165, 1.54) is 23.2 Å². The summed E-state index contributed by atoms with van der Waals surface area (Å²) in [6.45, 7) is 3.90. The molecule has 4 rings (SSSR count). The van der Waals surface area contributed by atoms with Crippen LogP contribution >= 0.6 is 0 Å². The lowest BCUT2D eigenvalue weighted by Crippen LogP contribution is -2.37. The van der Waals surface area contributed by atoms with Gasteiger partial charge in [-0.3, -0.25) is 9.78 Å². The zero-order valence-electron chi connectivity index (χ0n) is 20.0. The molecule has 0 spiro atoms. The number of carbonyl (C=O) groups is 2. The van der Waals surface area contributed by atoms with Gasteiger partial charge in [-0.25, -0.2) is 13.6 Å². The molecular weight excluding hydrogens is 470 g/mol. The number of carboxylic acids is 1. The monoisotopic (exact) mass is 496 g/mol. The second-order valence-corrected chi connectivity index (χ2v) is 8.55. The Balaban J connectivity index is 1.61. The van der Waals surface area contributed by atoms with Crippen LogP contribution < -0.4 is 4.74 Å². The van der Waals surface area contributed by atoms with Crippen molar-refractivity contribution in [1.82, 2.24) is 9.88 Å². The van der Waals surface area contributed by atoms with E-state index in [4.69, 9.17) is 14.6 Å². The van der Waals surface area contributed by atoms with Gasteiger partial charge >= 0.3 is 12.1 Å². The maximum absolute atomic E-state index is 14.7. The maximum Gasteiger partial charge on any atom is 0.410 e. The number of hydrogen-bond donors (Lipinski definition) is 1. The van der Waals surface area contributed by atoms with Crippen molar-refractivity contribution in [3.63, 3.8) is 0 Å². The number of amides is 1. The molecule has 2 heterocycles. The molecule has 188 valence electrons. The van der Waals surface area contributed by atoms with Crippen molar-refractivity contribution in [3.05, 3.63) is 82.2 Å². The van der Waals surface area contributed by atoms with Crippen LogP contribution in [0.5, 0.6) is 5.75 Å². The standard InChI is InChI=1S/C27H26F2N2O5/c1-3-35-25-11-17(12-26(32)33)4-5-20(25)18-6-7-22(28)19-8-9-31(14-21(18)19)27(34)36-15-24-23(29)10-16(2)13-30-24/h4-7,10-11,13H,3,8-9,12,14-15H2,1-2H3,(H,32,33). The lowest BCUT2D eigenvalue weighted by Gasteiger charge is -2.30. The summed E-state index contributed by atoms with van der Waals surface area (Å²) in [6, 6.07) is 9.44.